The summed E-state index contributed by atoms with van der Waals surface area (Å²) in [5.74, 6) is 0. The zero-order chi connectivity index (χ0) is 12.4. The van der Waals surface area contributed by atoms with Crippen LogP contribution in [0.3, 0.4) is 0 Å². The van der Waals surface area contributed by atoms with Gasteiger partial charge in [0.2, 0.25) is 0 Å². The van der Waals surface area contributed by atoms with E-state index in [4.69, 9.17) is 5.73 Å². The topological polar surface area (TPSA) is 38.9 Å². The second-order valence-electron chi connectivity index (χ2n) is 4.58. The highest BCUT2D eigenvalue weighted by Crippen LogP contribution is 2.29. The highest BCUT2D eigenvalue weighted by atomic mass is 19.4. The molecule has 0 amide bonds. The van der Waals surface area contributed by atoms with Crippen LogP contribution in [0, 0.1) is 5.41 Å². The van der Waals surface area contributed by atoms with Gasteiger partial charge in [0.25, 0.3) is 0 Å². The van der Waals surface area contributed by atoms with Crippen molar-refractivity contribution in [1.82, 2.24) is 4.98 Å². The number of rotatable bonds is 3. The van der Waals surface area contributed by atoms with Crippen molar-refractivity contribution in [3.63, 3.8) is 0 Å². The van der Waals surface area contributed by atoms with E-state index in [2.05, 4.69) is 4.98 Å². The first-order chi connectivity index (χ1) is 7.24. The molecule has 0 bridgehead atoms. The number of nitrogens with two attached hydrogens (primary N) is 1. The van der Waals surface area contributed by atoms with E-state index < -0.39 is 11.7 Å². The Kier molecular flexibility index (Phi) is 3.57. The SMILES string of the molecule is CC(C)(CN)Cc1ccc(C(F)(F)F)cn1. The first-order valence-corrected chi connectivity index (χ1v) is 4.97. The highest BCUT2D eigenvalue weighted by molar-refractivity contribution is 5.17. The van der Waals surface area contributed by atoms with Crippen molar-refractivity contribution in [2.45, 2.75) is 26.4 Å². The normalized spacial score (nSPS) is 12.9. The van der Waals surface area contributed by atoms with Crippen molar-refractivity contribution in [3.05, 3.63) is 29.6 Å². The van der Waals surface area contributed by atoms with E-state index in [1.165, 1.54) is 6.07 Å². The Morgan fingerprint density at radius 3 is 2.25 bits per heavy atom. The van der Waals surface area contributed by atoms with Gasteiger partial charge < -0.3 is 5.73 Å². The summed E-state index contributed by atoms with van der Waals surface area (Å²) >= 11 is 0. The smallest absolute Gasteiger partial charge is 0.330 e. The number of pyridine rings is 1. The fourth-order valence-corrected chi connectivity index (χ4v) is 1.26. The first kappa shape index (κ1) is 13.0. The van der Waals surface area contributed by atoms with E-state index in [1.54, 1.807) is 0 Å². The zero-order valence-electron chi connectivity index (χ0n) is 9.30. The maximum absolute atomic E-state index is 12.3. The molecule has 2 nitrogen and oxygen atoms in total. The van der Waals surface area contributed by atoms with Gasteiger partial charge in [-0.15, -0.1) is 0 Å². The minimum Gasteiger partial charge on any atom is -0.330 e. The number of alkyl halides is 3. The lowest BCUT2D eigenvalue weighted by atomic mass is 9.88. The van der Waals surface area contributed by atoms with Crippen molar-refractivity contribution in [1.29, 1.82) is 0 Å². The number of hydrogen-bond acceptors (Lipinski definition) is 2. The van der Waals surface area contributed by atoms with E-state index in [9.17, 15) is 13.2 Å². The molecule has 1 aromatic rings. The molecule has 0 aliphatic carbocycles. The minimum atomic E-state index is -4.32. The molecule has 1 rings (SSSR count). The van der Waals surface area contributed by atoms with E-state index >= 15 is 0 Å². The Bertz CT molecular complexity index is 341. The lowest BCUT2D eigenvalue weighted by Gasteiger charge is -2.21. The van der Waals surface area contributed by atoms with Crippen LogP contribution in [0.2, 0.25) is 0 Å². The zero-order valence-corrected chi connectivity index (χ0v) is 9.30. The summed E-state index contributed by atoms with van der Waals surface area (Å²) in [5.41, 5.74) is 5.31. The Morgan fingerprint density at radius 2 is 1.88 bits per heavy atom. The molecule has 90 valence electrons. The minimum absolute atomic E-state index is 0.146. The molecule has 0 unspecified atom stereocenters. The van der Waals surface area contributed by atoms with Gasteiger partial charge in [-0.05, 0) is 30.5 Å². The van der Waals surface area contributed by atoms with Crippen molar-refractivity contribution >= 4 is 0 Å². The fourth-order valence-electron chi connectivity index (χ4n) is 1.26. The molecule has 0 aromatic carbocycles. The van der Waals surface area contributed by atoms with Gasteiger partial charge in [-0.25, -0.2) is 0 Å². The van der Waals surface area contributed by atoms with Gasteiger partial charge in [0.1, 0.15) is 0 Å². The van der Waals surface area contributed by atoms with Crippen LogP contribution in [-0.2, 0) is 12.6 Å². The molecule has 0 saturated carbocycles. The standard InChI is InChI=1S/C11H15F3N2/c1-10(2,7-15)5-9-4-3-8(6-16-9)11(12,13)14/h3-4,6H,5,7,15H2,1-2H3. The molecule has 1 heterocycles. The molecule has 0 saturated heterocycles. The van der Waals surface area contributed by atoms with Gasteiger partial charge in [-0.3, -0.25) is 4.98 Å². The Labute approximate surface area is 92.7 Å². The van der Waals surface area contributed by atoms with Gasteiger partial charge >= 0.3 is 6.18 Å². The summed E-state index contributed by atoms with van der Waals surface area (Å²) in [6, 6.07) is 2.45. The van der Waals surface area contributed by atoms with Crippen LogP contribution in [0.25, 0.3) is 0 Å². The summed E-state index contributed by atoms with van der Waals surface area (Å²) in [7, 11) is 0. The van der Waals surface area contributed by atoms with E-state index in [0.29, 0.717) is 18.7 Å². The summed E-state index contributed by atoms with van der Waals surface area (Å²) < 4.78 is 36.8. The number of aromatic nitrogens is 1. The predicted octanol–water partition coefficient (Wildman–Crippen LogP) is 2.63. The molecular formula is C11H15F3N2. The molecule has 0 spiro atoms. The van der Waals surface area contributed by atoms with Crippen LogP contribution in [0.5, 0.6) is 0 Å². The molecule has 5 heteroatoms. The average Bonchev–Trinajstić information content (AvgIpc) is 2.16. The molecule has 2 N–H and O–H groups in total. The monoisotopic (exact) mass is 232 g/mol. The van der Waals surface area contributed by atoms with Gasteiger partial charge in [0.15, 0.2) is 0 Å². The third kappa shape index (κ3) is 3.48. The molecule has 0 atom stereocenters. The molecule has 16 heavy (non-hydrogen) atoms. The van der Waals surface area contributed by atoms with Crippen LogP contribution < -0.4 is 5.73 Å². The average molecular weight is 232 g/mol. The van der Waals surface area contributed by atoms with Crippen LogP contribution >= 0.6 is 0 Å². The second kappa shape index (κ2) is 4.41. The molecular weight excluding hydrogens is 217 g/mol. The third-order valence-corrected chi connectivity index (χ3v) is 2.36. The van der Waals surface area contributed by atoms with Crippen molar-refractivity contribution in [2.24, 2.45) is 11.1 Å². The van der Waals surface area contributed by atoms with Crippen molar-refractivity contribution in [2.75, 3.05) is 6.54 Å². The second-order valence-corrected chi connectivity index (χ2v) is 4.58. The third-order valence-electron chi connectivity index (χ3n) is 2.36. The lowest BCUT2D eigenvalue weighted by molar-refractivity contribution is -0.137. The highest BCUT2D eigenvalue weighted by Gasteiger charge is 2.30. The largest absolute Gasteiger partial charge is 0.417 e. The van der Waals surface area contributed by atoms with Crippen LogP contribution in [0.1, 0.15) is 25.1 Å². The van der Waals surface area contributed by atoms with Crippen molar-refractivity contribution < 1.29 is 13.2 Å². The number of halogens is 3. The van der Waals surface area contributed by atoms with Gasteiger partial charge in [0, 0.05) is 11.9 Å². The number of hydrogen-bond donors (Lipinski definition) is 1. The van der Waals surface area contributed by atoms with Gasteiger partial charge in [-0.1, -0.05) is 13.8 Å². The Hall–Kier alpha value is -1.10. The molecule has 0 aliphatic rings. The van der Waals surface area contributed by atoms with Gasteiger partial charge in [-0.2, -0.15) is 13.2 Å². The van der Waals surface area contributed by atoms with Crippen LogP contribution in [0.15, 0.2) is 18.3 Å². The van der Waals surface area contributed by atoms with Crippen LogP contribution in [-0.4, -0.2) is 11.5 Å². The maximum atomic E-state index is 12.3. The van der Waals surface area contributed by atoms with E-state index in [1.807, 2.05) is 13.8 Å². The lowest BCUT2D eigenvalue weighted by Crippen LogP contribution is -2.26. The molecule has 0 radical (unpaired) electrons. The predicted molar refractivity (Wildman–Crippen MR) is 55.8 cm³/mol. The maximum Gasteiger partial charge on any atom is 0.417 e. The van der Waals surface area contributed by atoms with Crippen molar-refractivity contribution in [3.8, 4) is 0 Å². The van der Waals surface area contributed by atoms with E-state index in [0.717, 1.165) is 12.3 Å². The fraction of sp³-hybridized carbons (Fsp3) is 0.545. The first-order valence-electron chi connectivity index (χ1n) is 4.97. The molecule has 1 aromatic heterocycles. The molecule has 0 fully saturated rings. The van der Waals surface area contributed by atoms with Gasteiger partial charge in [0.05, 0.1) is 5.56 Å². The molecule has 0 aliphatic heterocycles. The summed E-state index contributed by atoms with van der Waals surface area (Å²) in [6.07, 6.45) is -2.89. The summed E-state index contributed by atoms with van der Waals surface area (Å²) in [6.45, 7) is 4.37. The summed E-state index contributed by atoms with van der Waals surface area (Å²) in [4.78, 5) is 3.80. The number of nitrogens with zero attached hydrogens (tertiary/aromatic N) is 1. The van der Waals surface area contributed by atoms with Crippen LogP contribution in [0.4, 0.5) is 13.2 Å². The summed E-state index contributed by atoms with van der Waals surface area (Å²) in [5, 5.41) is 0. The Morgan fingerprint density at radius 1 is 1.25 bits per heavy atom. The Balaban J connectivity index is 2.80. The van der Waals surface area contributed by atoms with E-state index in [-0.39, 0.29) is 5.41 Å². The quantitative estimate of drug-likeness (QED) is 0.870.